The van der Waals surface area contributed by atoms with Crippen LogP contribution in [-0.4, -0.2) is 0 Å². The van der Waals surface area contributed by atoms with Crippen LogP contribution in [-0.2, 0) is 0 Å². The van der Waals surface area contributed by atoms with Crippen molar-refractivity contribution in [3.05, 3.63) is 199 Å². The molecule has 260 valence electrons. The molecule has 1 aliphatic carbocycles. The number of thiophene rings is 1. The Bertz CT molecular complexity index is 3140. The van der Waals surface area contributed by atoms with Gasteiger partial charge in [-0.05, 0) is 88.3 Å². The van der Waals surface area contributed by atoms with Crippen LogP contribution in [0.3, 0.4) is 0 Å². The quantitative estimate of drug-likeness (QED) is 0.170. The molecule has 0 N–H and O–H groups in total. The van der Waals surface area contributed by atoms with Crippen LogP contribution in [0.2, 0.25) is 0 Å². The molecule has 3 heteroatoms. The lowest BCUT2D eigenvalue weighted by Crippen LogP contribution is -2.19. The van der Waals surface area contributed by atoms with Crippen molar-refractivity contribution < 1.29 is 4.42 Å². The van der Waals surface area contributed by atoms with E-state index in [9.17, 15) is 0 Å². The summed E-state index contributed by atoms with van der Waals surface area (Å²) < 4.78 is 9.41. The summed E-state index contributed by atoms with van der Waals surface area (Å²) in [7, 11) is 0. The molecule has 0 fully saturated rings. The third-order valence-electron chi connectivity index (χ3n) is 11.1. The molecule has 0 saturated carbocycles. The van der Waals surface area contributed by atoms with Gasteiger partial charge in [0.05, 0.1) is 10.4 Å². The first-order chi connectivity index (χ1) is 27.3. The summed E-state index contributed by atoms with van der Waals surface area (Å²) in [5.41, 5.74) is 12.6. The van der Waals surface area contributed by atoms with Crippen molar-refractivity contribution in [1.29, 1.82) is 0 Å². The van der Waals surface area contributed by atoms with E-state index >= 15 is 0 Å². The van der Waals surface area contributed by atoms with E-state index in [-0.39, 0.29) is 0 Å². The molecule has 0 radical (unpaired) electrons. The highest BCUT2D eigenvalue weighted by Crippen LogP contribution is 2.47. The Morgan fingerprint density at radius 3 is 2.04 bits per heavy atom. The van der Waals surface area contributed by atoms with Crippen molar-refractivity contribution >= 4 is 81.2 Å². The van der Waals surface area contributed by atoms with E-state index in [0.29, 0.717) is 0 Å². The van der Waals surface area contributed by atoms with Gasteiger partial charge in [0.1, 0.15) is 11.2 Å². The average Bonchev–Trinajstić information content (AvgIpc) is 3.82. The highest BCUT2D eigenvalue weighted by molar-refractivity contribution is 7.26. The lowest BCUT2D eigenvalue weighted by molar-refractivity contribution is 0.668. The zero-order valence-corrected chi connectivity index (χ0v) is 30.9. The summed E-state index contributed by atoms with van der Waals surface area (Å²) >= 11 is 1.88. The Labute approximate surface area is 323 Å². The van der Waals surface area contributed by atoms with Gasteiger partial charge < -0.3 is 9.32 Å². The zero-order valence-electron chi connectivity index (χ0n) is 30.1. The Kier molecular flexibility index (Phi) is 7.53. The number of para-hydroxylation sites is 1. The van der Waals surface area contributed by atoms with Gasteiger partial charge in [-0.15, -0.1) is 11.3 Å². The fraction of sp³-hybridized carbons (Fsp3) is 0.0385. The minimum atomic E-state index is 0.897. The molecule has 0 aliphatic heterocycles. The maximum absolute atomic E-state index is 6.82. The summed E-state index contributed by atoms with van der Waals surface area (Å²) in [6.07, 6.45) is 6.49. The third-order valence-corrected chi connectivity index (χ3v) is 12.3. The number of furan rings is 1. The van der Waals surface area contributed by atoms with Crippen LogP contribution < -0.4 is 4.90 Å². The molecule has 0 spiro atoms. The summed E-state index contributed by atoms with van der Waals surface area (Å²) in [6, 6.07) is 63.8. The largest absolute Gasteiger partial charge is 0.455 e. The molecule has 2 aromatic heterocycles. The lowest BCUT2D eigenvalue weighted by Gasteiger charge is -2.32. The molecular formula is C52H35NOS. The number of rotatable bonds is 6. The second-order valence-electron chi connectivity index (χ2n) is 14.4. The number of anilines is 2. The number of hydrogen-bond acceptors (Lipinski definition) is 3. The predicted molar refractivity (Wildman–Crippen MR) is 235 cm³/mol. The van der Waals surface area contributed by atoms with Crippen LogP contribution in [0.15, 0.2) is 198 Å². The smallest absolute Gasteiger partial charge is 0.143 e. The fourth-order valence-electron chi connectivity index (χ4n) is 8.49. The second kappa shape index (κ2) is 13.0. The molecule has 11 rings (SSSR count). The first-order valence-corrected chi connectivity index (χ1v) is 19.8. The van der Waals surface area contributed by atoms with Gasteiger partial charge in [-0.2, -0.15) is 0 Å². The molecule has 1 aliphatic rings. The topological polar surface area (TPSA) is 16.4 Å². The molecule has 2 heterocycles. The van der Waals surface area contributed by atoms with E-state index in [1.165, 1.54) is 70.2 Å². The molecule has 0 saturated heterocycles. The Morgan fingerprint density at radius 2 is 1.18 bits per heavy atom. The standard InChI is InChI=1S/C52H35NOS/c1-2-13-34(14-3-1)36-17-10-18-37(31-36)35-27-29-40(30-28-35)53(48-25-12-23-45-42-20-7-9-26-50(42)55-52(45)48)47-24-8-6-19-41(47)43-21-11-22-44-46-32-38-15-4-5-16-39(38)33-49(46)54-51(43)44/h1-7,9-23,25-33H,8,24H2. The predicted octanol–water partition coefficient (Wildman–Crippen LogP) is 15.3. The molecular weight excluding hydrogens is 687 g/mol. The Hall–Kier alpha value is -6.68. The van der Waals surface area contributed by atoms with Gasteiger partial charge in [0.2, 0.25) is 0 Å². The molecule has 55 heavy (non-hydrogen) atoms. The van der Waals surface area contributed by atoms with Crippen LogP contribution in [0.4, 0.5) is 11.4 Å². The normalized spacial score (nSPS) is 13.2. The molecule has 0 bridgehead atoms. The maximum Gasteiger partial charge on any atom is 0.143 e. The zero-order chi connectivity index (χ0) is 36.3. The van der Waals surface area contributed by atoms with Crippen molar-refractivity contribution in [3.63, 3.8) is 0 Å². The lowest BCUT2D eigenvalue weighted by atomic mass is 9.93. The van der Waals surface area contributed by atoms with Crippen molar-refractivity contribution in [1.82, 2.24) is 0 Å². The number of nitrogens with zero attached hydrogens (tertiary/aromatic N) is 1. The van der Waals surface area contributed by atoms with E-state index in [0.717, 1.165) is 46.0 Å². The van der Waals surface area contributed by atoms with Crippen molar-refractivity contribution in [2.24, 2.45) is 0 Å². The first kappa shape index (κ1) is 31.8. The number of fused-ring (bicyclic) bond motifs is 7. The molecule has 8 aromatic carbocycles. The molecule has 0 amide bonds. The monoisotopic (exact) mass is 721 g/mol. The minimum Gasteiger partial charge on any atom is -0.455 e. The van der Waals surface area contributed by atoms with E-state index in [2.05, 4.69) is 193 Å². The fourth-order valence-corrected chi connectivity index (χ4v) is 9.69. The van der Waals surface area contributed by atoms with Crippen molar-refractivity contribution in [2.75, 3.05) is 4.90 Å². The van der Waals surface area contributed by atoms with Crippen molar-refractivity contribution in [3.8, 4) is 22.3 Å². The summed E-state index contributed by atoms with van der Waals surface area (Å²) in [6.45, 7) is 0. The maximum atomic E-state index is 6.82. The SMILES string of the molecule is C1=CC(c2cccc3c2oc2cc4ccccc4cc23)=C(N(c2ccc(-c3cccc(-c4ccccc4)c3)cc2)c2cccc3c2sc2ccccc23)CC1. The number of allylic oxidation sites excluding steroid dienone is 4. The van der Waals surface area contributed by atoms with Crippen LogP contribution in [0, 0.1) is 0 Å². The van der Waals surface area contributed by atoms with Gasteiger partial charge in [-0.1, -0.05) is 146 Å². The van der Waals surface area contributed by atoms with E-state index in [4.69, 9.17) is 4.42 Å². The van der Waals surface area contributed by atoms with Crippen LogP contribution in [0.25, 0.3) is 80.7 Å². The Morgan fingerprint density at radius 1 is 0.509 bits per heavy atom. The summed E-state index contributed by atoms with van der Waals surface area (Å²) in [5.74, 6) is 0. The van der Waals surface area contributed by atoms with E-state index in [1.807, 2.05) is 11.3 Å². The Balaban J connectivity index is 1.11. The molecule has 0 unspecified atom stereocenters. The second-order valence-corrected chi connectivity index (χ2v) is 15.4. The molecule has 2 nitrogen and oxygen atoms in total. The summed E-state index contributed by atoms with van der Waals surface area (Å²) in [5, 5.41) is 7.29. The van der Waals surface area contributed by atoms with Gasteiger partial charge in [-0.3, -0.25) is 0 Å². The van der Waals surface area contributed by atoms with Crippen LogP contribution in [0.5, 0.6) is 0 Å². The average molecular weight is 722 g/mol. The van der Waals surface area contributed by atoms with Crippen LogP contribution in [0.1, 0.15) is 18.4 Å². The third kappa shape index (κ3) is 5.39. The van der Waals surface area contributed by atoms with Crippen LogP contribution >= 0.6 is 11.3 Å². The highest BCUT2D eigenvalue weighted by Gasteiger charge is 2.25. The van der Waals surface area contributed by atoms with Gasteiger partial charge >= 0.3 is 0 Å². The van der Waals surface area contributed by atoms with Crippen molar-refractivity contribution in [2.45, 2.75) is 12.8 Å². The number of benzene rings is 8. The van der Waals surface area contributed by atoms with Gasteiger partial charge in [0, 0.05) is 48.8 Å². The van der Waals surface area contributed by atoms with E-state index < -0.39 is 0 Å². The first-order valence-electron chi connectivity index (χ1n) is 19.0. The van der Waals surface area contributed by atoms with Gasteiger partial charge in [0.15, 0.2) is 0 Å². The van der Waals surface area contributed by atoms with Gasteiger partial charge in [0.25, 0.3) is 0 Å². The molecule has 0 atom stereocenters. The van der Waals surface area contributed by atoms with Gasteiger partial charge in [-0.25, -0.2) is 0 Å². The van der Waals surface area contributed by atoms with E-state index in [1.54, 1.807) is 0 Å². The highest BCUT2D eigenvalue weighted by atomic mass is 32.1. The minimum absolute atomic E-state index is 0.897. The number of hydrogen-bond donors (Lipinski definition) is 0. The molecule has 10 aromatic rings. The summed E-state index contributed by atoms with van der Waals surface area (Å²) in [4.78, 5) is 2.52.